The third kappa shape index (κ3) is 3.67. The molecule has 2 aliphatic rings. The number of aryl methyl sites for hydroxylation is 1. The molecule has 4 heterocycles. The van der Waals surface area contributed by atoms with Crippen LogP contribution in [0.15, 0.2) is 30.3 Å². The second kappa shape index (κ2) is 8.52. The van der Waals surface area contributed by atoms with Gasteiger partial charge in [0.2, 0.25) is 0 Å². The maximum atomic E-state index is 14.1. The molecular weight excluding hydrogens is 431 g/mol. The van der Waals surface area contributed by atoms with E-state index < -0.39 is 5.82 Å². The van der Waals surface area contributed by atoms with Crippen molar-refractivity contribution < 1.29 is 9.50 Å². The van der Waals surface area contributed by atoms with E-state index in [1.165, 1.54) is 30.7 Å². The number of hydrogen-bond donors (Lipinski definition) is 4. The van der Waals surface area contributed by atoms with Crippen molar-refractivity contribution in [1.29, 1.82) is 0 Å². The number of aromatic amines is 2. The Bertz CT molecular complexity index is 1350. The van der Waals surface area contributed by atoms with Gasteiger partial charge in [-0.2, -0.15) is 5.10 Å². The summed E-state index contributed by atoms with van der Waals surface area (Å²) in [5.74, 6) is -0.139. The van der Waals surface area contributed by atoms with Crippen molar-refractivity contribution in [2.24, 2.45) is 0 Å². The zero-order valence-corrected chi connectivity index (χ0v) is 19.3. The molecule has 1 fully saturated rings. The van der Waals surface area contributed by atoms with Crippen LogP contribution < -0.4 is 5.32 Å². The van der Waals surface area contributed by atoms with Crippen LogP contribution in [0.3, 0.4) is 0 Å². The summed E-state index contributed by atoms with van der Waals surface area (Å²) in [4.78, 5) is 11.0. The fourth-order valence-electron chi connectivity index (χ4n) is 5.42. The minimum Gasteiger partial charge on any atom is -0.505 e. The van der Waals surface area contributed by atoms with Crippen LogP contribution in [0, 0.1) is 5.82 Å². The van der Waals surface area contributed by atoms with Crippen LogP contribution >= 0.6 is 0 Å². The van der Waals surface area contributed by atoms with Gasteiger partial charge in [0.15, 0.2) is 17.4 Å². The number of nitrogens with one attached hydrogen (secondary N) is 3. The van der Waals surface area contributed by atoms with Gasteiger partial charge in [0.1, 0.15) is 5.69 Å². The highest BCUT2D eigenvalue weighted by molar-refractivity contribution is 5.94. The Morgan fingerprint density at radius 1 is 1.24 bits per heavy atom. The molecule has 0 aliphatic carbocycles. The largest absolute Gasteiger partial charge is 0.505 e. The number of rotatable bonds is 4. The third-order valence-corrected chi connectivity index (χ3v) is 7.30. The molecule has 4 aromatic rings. The van der Waals surface area contributed by atoms with Gasteiger partial charge in [-0.05, 0) is 66.8 Å². The van der Waals surface area contributed by atoms with E-state index in [0.717, 1.165) is 77.4 Å². The zero-order chi connectivity index (χ0) is 23.2. The Morgan fingerprint density at radius 3 is 2.97 bits per heavy atom. The molecule has 1 atom stereocenters. The summed E-state index contributed by atoms with van der Waals surface area (Å²) in [6.45, 7) is 6.12. The van der Waals surface area contributed by atoms with E-state index in [-0.39, 0.29) is 5.75 Å². The van der Waals surface area contributed by atoms with Gasteiger partial charge in [0.25, 0.3) is 0 Å². The molecule has 0 radical (unpaired) electrons. The number of aromatic nitrogens is 4. The molecule has 4 N–H and O–H groups in total. The van der Waals surface area contributed by atoms with Gasteiger partial charge in [0.05, 0.1) is 16.9 Å². The van der Waals surface area contributed by atoms with Crippen molar-refractivity contribution in [3.05, 3.63) is 53.1 Å². The summed E-state index contributed by atoms with van der Waals surface area (Å²) in [6.07, 6.45) is 4.13. The molecule has 176 valence electrons. The van der Waals surface area contributed by atoms with Gasteiger partial charge < -0.3 is 15.4 Å². The monoisotopic (exact) mass is 460 g/mol. The Labute approximate surface area is 197 Å². The van der Waals surface area contributed by atoms with Crippen LogP contribution in [0.2, 0.25) is 0 Å². The molecule has 0 bridgehead atoms. The Morgan fingerprint density at radius 2 is 2.15 bits per heavy atom. The van der Waals surface area contributed by atoms with E-state index in [1.54, 1.807) is 0 Å². The van der Waals surface area contributed by atoms with Gasteiger partial charge in [-0.25, -0.2) is 9.37 Å². The predicted molar refractivity (Wildman–Crippen MR) is 130 cm³/mol. The molecule has 0 amide bonds. The summed E-state index contributed by atoms with van der Waals surface area (Å²) >= 11 is 0. The minimum atomic E-state index is -0.614. The lowest BCUT2D eigenvalue weighted by Crippen LogP contribution is -2.47. The lowest BCUT2D eigenvalue weighted by molar-refractivity contribution is 0.148. The number of piperidine rings is 1. The van der Waals surface area contributed by atoms with E-state index in [2.05, 4.69) is 25.4 Å². The first-order valence-corrected chi connectivity index (χ1v) is 12.1. The van der Waals surface area contributed by atoms with E-state index >= 15 is 0 Å². The number of hydrogen-bond acceptors (Lipinski definition) is 5. The topological polar surface area (TPSA) is 92.9 Å². The molecule has 1 unspecified atom stereocenters. The molecule has 8 heteroatoms. The van der Waals surface area contributed by atoms with E-state index in [1.807, 2.05) is 25.1 Å². The number of phenols is 1. The molecule has 2 aromatic carbocycles. The Balaban J connectivity index is 1.31. The SMILES string of the molecule is CCc1cc(O)c(F)cc1-c1ccc2c(-c3nc4c([nH]3)CN(C3CCCNC3)CC4)n[nH]c2c1. The average Bonchev–Trinajstić information content (AvgIpc) is 3.48. The van der Waals surface area contributed by atoms with Crippen molar-refractivity contribution in [3.8, 4) is 28.4 Å². The molecule has 6 rings (SSSR count). The second-order valence-electron chi connectivity index (χ2n) is 9.38. The van der Waals surface area contributed by atoms with Crippen molar-refractivity contribution in [3.63, 3.8) is 0 Å². The van der Waals surface area contributed by atoms with Gasteiger partial charge in [-0.1, -0.05) is 13.0 Å². The Hall–Kier alpha value is -3.23. The zero-order valence-electron chi connectivity index (χ0n) is 19.3. The van der Waals surface area contributed by atoms with Crippen molar-refractivity contribution >= 4 is 10.9 Å². The third-order valence-electron chi connectivity index (χ3n) is 7.30. The number of nitrogens with zero attached hydrogens (tertiary/aromatic N) is 3. The van der Waals surface area contributed by atoms with Crippen LogP contribution in [0.25, 0.3) is 33.5 Å². The van der Waals surface area contributed by atoms with E-state index in [0.29, 0.717) is 12.5 Å². The molecule has 1 saturated heterocycles. The summed E-state index contributed by atoms with van der Waals surface area (Å²) in [7, 11) is 0. The van der Waals surface area contributed by atoms with Crippen molar-refractivity contribution in [2.45, 2.75) is 45.2 Å². The van der Waals surface area contributed by atoms with Crippen LogP contribution in [0.5, 0.6) is 5.75 Å². The summed E-state index contributed by atoms with van der Waals surface area (Å²) < 4.78 is 14.1. The second-order valence-corrected chi connectivity index (χ2v) is 9.38. The van der Waals surface area contributed by atoms with Crippen LogP contribution in [-0.4, -0.2) is 55.8 Å². The van der Waals surface area contributed by atoms with Crippen LogP contribution in [-0.2, 0) is 19.4 Å². The van der Waals surface area contributed by atoms with Gasteiger partial charge in [-0.3, -0.25) is 10.00 Å². The fourth-order valence-corrected chi connectivity index (χ4v) is 5.42. The predicted octanol–water partition coefficient (Wildman–Crippen LogP) is 4.14. The molecule has 7 nitrogen and oxygen atoms in total. The van der Waals surface area contributed by atoms with Gasteiger partial charge in [-0.15, -0.1) is 0 Å². The number of fused-ring (bicyclic) bond motifs is 2. The molecule has 0 spiro atoms. The number of phenolic OH excluding ortho intramolecular Hbond substituents is 1. The minimum absolute atomic E-state index is 0.314. The summed E-state index contributed by atoms with van der Waals surface area (Å²) in [6, 6.07) is 9.48. The van der Waals surface area contributed by atoms with Gasteiger partial charge >= 0.3 is 0 Å². The van der Waals surface area contributed by atoms with Crippen molar-refractivity contribution in [1.82, 2.24) is 30.4 Å². The van der Waals surface area contributed by atoms with Crippen LogP contribution in [0.4, 0.5) is 4.39 Å². The fraction of sp³-hybridized carbons (Fsp3) is 0.385. The standard InChI is InChI=1S/C26H29FN6O/c1-2-15-11-24(34)20(27)12-19(15)16-5-6-18-22(10-16)31-32-25(18)26-29-21-7-9-33(14-23(21)30-26)17-4-3-8-28-13-17/h5-6,10-12,17,28,34H,2-4,7-9,13-14H2,1H3,(H,29,30)(H,31,32). The summed E-state index contributed by atoms with van der Waals surface area (Å²) in [5, 5.41) is 21.9. The maximum Gasteiger partial charge on any atom is 0.165 e. The van der Waals surface area contributed by atoms with E-state index in [9.17, 15) is 9.50 Å². The number of aromatic hydroxyl groups is 1. The number of halogens is 1. The highest BCUT2D eigenvalue weighted by Gasteiger charge is 2.27. The normalized spacial score (nSPS) is 18.9. The first-order chi connectivity index (χ1) is 16.6. The molecule has 0 saturated carbocycles. The molecule has 2 aliphatic heterocycles. The lowest BCUT2D eigenvalue weighted by atomic mass is 9.96. The average molecular weight is 461 g/mol. The Kier molecular flexibility index (Phi) is 5.34. The first kappa shape index (κ1) is 21.3. The molecule has 2 aromatic heterocycles. The lowest BCUT2D eigenvalue weighted by Gasteiger charge is -2.36. The highest BCUT2D eigenvalue weighted by atomic mass is 19.1. The van der Waals surface area contributed by atoms with Crippen LogP contribution in [0.1, 0.15) is 36.7 Å². The van der Waals surface area contributed by atoms with Gasteiger partial charge in [0, 0.05) is 37.5 Å². The number of benzene rings is 2. The van der Waals surface area contributed by atoms with Crippen molar-refractivity contribution in [2.75, 3.05) is 19.6 Å². The first-order valence-electron chi connectivity index (χ1n) is 12.1. The highest BCUT2D eigenvalue weighted by Crippen LogP contribution is 2.34. The smallest absolute Gasteiger partial charge is 0.165 e. The number of imidazole rings is 1. The van der Waals surface area contributed by atoms with E-state index in [4.69, 9.17) is 4.98 Å². The maximum absolute atomic E-state index is 14.1. The summed E-state index contributed by atoms with van der Waals surface area (Å²) in [5.41, 5.74) is 6.55. The molecular formula is C26H29FN6O. The molecule has 34 heavy (non-hydrogen) atoms. The number of H-pyrrole nitrogens is 2. The quantitative estimate of drug-likeness (QED) is 0.367.